The van der Waals surface area contributed by atoms with Gasteiger partial charge in [0.05, 0.1) is 0 Å². The normalized spacial score (nSPS) is 10.7. The second kappa shape index (κ2) is 13.8. The Bertz CT molecular complexity index is 1310. The van der Waals surface area contributed by atoms with Gasteiger partial charge in [-0.2, -0.15) is 0 Å². The largest absolute Gasteiger partial charge is 0.380 e. The molecule has 0 saturated carbocycles. The van der Waals surface area contributed by atoms with Gasteiger partial charge in [0.15, 0.2) is 0 Å². The minimum absolute atomic E-state index is 0.826. The lowest BCUT2D eigenvalue weighted by molar-refractivity contribution is 1.13. The maximum absolute atomic E-state index is 3.61. The number of thioether (sulfide) groups is 2. The number of anilines is 2. The van der Waals surface area contributed by atoms with E-state index >= 15 is 0 Å². The molecule has 0 fully saturated rings. The van der Waals surface area contributed by atoms with E-state index in [0.717, 1.165) is 24.6 Å². The van der Waals surface area contributed by atoms with Crippen molar-refractivity contribution in [2.24, 2.45) is 0 Å². The quantitative estimate of drug-likeness (QED) is 0.156. The molecule has 38 heavy (non-hydrogen) atoms. The molecule has 5 aromatic carbocycles. The summed E-state index contributed by atoms with van der Waals surface area (Å²) in [6.07, 6.45) is 0. The first kappa shape index (κ1) is 26.0. The van der Waals surface area contributed by atoms with Crippen molar-refractivity contribution in [3.63, 3.8) is 0 Å². The Labute approximate surface area is 234 Å². The Kier molecular flexibility index (Phi) is 9.45. The molecular weight excluding hydrogens is 501 g/mol. The molecule has 5 aromatic rings. The zero-order valence-corrected chi connectivity index (χ0v) is 23.0. The topological polar surface area (TPSA) is 24.1 Å². The number of nitrogens with one attached hydrogen (secondary N) is 2. The summed E-state index contributed by atoms with van der Waals surface area (Å²) in [6, 6.07) is 47.3. The fourth-order valence-corrected chi connectivity index (χ4v) is 6.14. The Morgan fingerprint density at radius 2 is 0.789 bits per heavy atom. The minimum Gasteiger partial charge on any atom is -0.380 e. The molecule has 0 amide bonds. The number of rotatable bonds is 12. The van der Waals surface area contributed by atoms with Gasteiger partial charge in [-0.1, -0.05) is 109 Å². The predicted octanol–water partition coefficient (Wildman–Crippen LogP) is 9.50. The lowest BCUT2D eigenvalue weighted by Gasteiger charge is -2.13. The van der Waals surface area contributed by atoms with Gasteiger partial charge in [0.1, 0.15) is 0 Å². The summed E-state index contributed by atoms with van der Waals surface area (Å²) >= 11 is 3.77. The molecule has 0 saturated heterocycles. The standard InChI is InChI=1S/C34H32N2S2/c1-3-12-27(13-4-1)23-35-31-18-7-9-20-33(31)37-25-29-16-11-17-30(22-29)26-38-34-21-10-8-19-32(34)36-24-28-14-5-2-6-15-28/h1-22,35-36H,23-26H2. The highest BCUT2D eigenvalue weighted by Gasteiger charge is 2.06. The van der Waals surface area contributed by atoms with Crippen LogP contribution in [0.1, 0.15) is 22.3 Å². The molecule has 0 aliphatic rings. The highest BCUT2D eigenvalue weighted by atomic mass is 32.2. The van der Waals surface area contributed by atoms with E-state index in [2.05, 4.69) is 144 Å². The van der Waals surface area contributed by atoms with Gasteiger partial charge in [-0.25, -0.2) is 0 Å². The van der Waals surface area contributed by atoms with Crippen molar-refractivity contribution in [1.29, 1.82) is 0 Å². The zero-order valence-electron chi connectivity index (χ0n) is 21.3. The van der Waals surface area contributed by atoms with Gasteiger partial charge in [0.2, 0.25) is 0 Å². The molecule has 5 rings (SSSR count). The van der Waals surface area contributed by atoms with Crippen LogP contribution in [0.15, 0.2) is 143 Å². The number of hydrogen-bond acceptors (Lipinski definition) is 4. The van der Waals surface area contributed by atoms with Crippen LogP contribution < -0.4 is 10.6 Å². The van der Waals surface area contributed by atoms with Crippen molar-refractivity contribution >= 4 is 34.9 Å². The first-order valence-corrected chi connectivity index (χ1v) is 14.9. The van der Waals surface area contributed by atoms with Crippen molar-refractivity contribution < 1.29 is 0 Å². The van der Waals surface area contributed by atoms with E-state index in [0.29, 0.717) is 0 Å². The summed E-state index contributed by atoms with van der Waals surface area (Å²) in [4.78, 5) is 2.56. The monoisotopic (exact) mass is 532 g/mol. The third kappa shape index (κ3) is 7.70. The number of hydrogen-bond donors (Lipinski definition) is 2. The Morgan fingerprint density at radius 1 is 0.395 bits per heavy atom. The summed E-state index contributed by atoms with van der Waals surface area (Å²) in [5.41, 5.74) is 7.65. The molecule has 0 spiro atoms. The zero-order chi connectivity index (χ0) is 25.8. The van der Waals surface area contributed by atoms with Crippen LogP contribution in [0.5, 0.6) is 0 Å². The lowest BCUT2D eigenvalue weighted by Crippen LogP contribution is -2.00. The van der Waals surface area contributed by atoms with Crippen LogP contribution in [-0.2, 0) is 24.6 Å². The van der Waals surface area contributed by atoms with Crippen molar-refractivity contribution in [2.75, 3.05) is 10.6 Å². The van der Waals surface area contributed by atoms with Crippen LogP contribution >= 0.6 is 23.5 Å². The molecule has 190 valence electrons. The first-order chi connectivity index (χ1) is 18.8. The van der Waals surface area contributed by atoms with Gasteiger partial charge in [-0.15, -0.1) is 23.5 Å². The summed E-state index contributed by atoms with van der Waals surface area (Å²) < 4.78 is 0. The van der Waals surface area contributed by atoms with Crippen LogP contribution in [-0.4, -0.2) is 0 Å². The van der Waals surface area contributed by atoms with Crippen molar-refractivity contribution in [1.82, 2.24) is 0 Å². The summed E-state index contributed by atoms with van der Waals surface area (Å²) in [5.74, 6) is 1.88. The molecule has 0 atom stereocenters. The third-order valence-corrected chi connectivity index (χ3v) is 8.50. The SMILES string of the molecule is c1ccc(CNc2ccccc2SCc2cccc(CSc3ccccc3NCc3ccccc3)c2)cc1. The maximum atomic E-state index is 3.61. The molecule has 0 aliphatic carbocycles. The highest BCUT2D eigenvalue weighted by molar-refractivity contribution is 7.99. The average Bonchev–Trinajstić information content (AvgIpc) is 2.99. The summed E-state index contributed by atoms with van der Waals surface area (Å²) in [6.45, 7) is 1.65. The molecule has 0 bridgehead atoms. The predicted molar refractivity (Wildman–Crippen MR) is 166 cm³/mol. The van der Waals surface area contributed by atoms with E-state index in [4.69, 9.17) is 0 Å². The number of benzene rings is 5. The van der Waals surface area contributed by atoms with Crippen molar-refractivity contribution in [3.05, 3.63) is 156 Å². The van der Waals surface area contributed by atoms with E-state index < -0.39 is 0 Å². The van der Waals surface area contributed by atoms with Gasteiger partial charge in [0, 0.05) is 45.8 Å². The van der Waals surface area contributed by atoms with E-state index in [1.54, 1.807) is 0 Å². The molecule has 4 heteroatoms. The molecule has 0 radical (unpaired) electrons. The molecule has 2 N–H and O–H groups in total. The summed E-state index contributed by atoms with van der Waals surface area (Å²) in [7, 11) is 0. The molecule has 0 unspecified atom stereocenters. The van der Waals surface area contributed by atoms with E-state index in [1.807, 2.05) is 23.5 Å². The minimum atomic E-state index is 0.826. The highest BCUT2D eigenvalue weighted by Crippen LogP contribution is 2.32. The van der Waals surface area contributed by atoms with Crippen LogP contribution in [0.25, 0.3) is 0 Å². The van der Waals surface area contributed by atoms with Crippen LogP contribution in [0.3, 0.4) is 0 Å². The fourth-order valence-electron chi connectivity index (χ4n) is 4.19. The third-order valence-electron chi connectivity index (χ3n) is 6.21. The van der Waals surface area contributed by atoms with Crippen LogP contribution in [0.2, 0.25) is 0 Å². The van der Waals surface area contributed by atoms with Gasteiger partial charge >= 0.3 is 0 Å². The molecule has 0 heterocycles. The molecule has 0 aliphatic heterocycles. The Morgan fingerprint density at radius 3 is 1.26 bits per heavy atom. The average molecular weight is 533 g/mol. The van der Waals surface area contributed by atoms with E-state index in [1.165, 1.54) is 43.4 Å². The second-order valence-electron chi connectivity index (χ2n) is 9.07. The van der Waals surface area contributed by atoms with E-state index in [9.17, 15) is 0 Å². The Hall–Kier alpha value is -3.60. The van der Waals surface area contributed by atoms with E-state index in [-0.39, 0.29) is 0 Å². The molecule has 2 nitrogen and oxygen atoms in total. The van der Waals surface area contributed by atoms with Crippen LogP contribution in [0.4, 0.5) is 11.4 Å². The van der Waals surface area contributed by atoms with Crippen molar-refractivity contribution in [2.45, 2.75) is 34.4 Å². The summed E-state index contributed by atoms with van der Waals surface area (Å²) in [5, 5.41) is 7.22. The second-order valence-corrected chi connectivity index (χ2v) is 11.1. The molecular formula is C34H32N2S2. The van der Waals surface area contributed by atoms with Crippen LogP contribution in [0, 0.1) is 0 Å². The van der Waals surface area contributed by atoms with Gasteiger partial charge < -0.3 is 10.6 Å². The smallest absolute Gasteiger partial charge is 0.0481 e. The van der Waals surface area contributed by atoms with Gasteiger partial charge in [0.25, 0.3) is 0 Å². The van der Waals surface area contributed by atoms with Gasteiger partial charge in [-0.3, -0.25) is 0 Å². The first-order valence-electron chi connectivity index (χ1n) is 12.9. The molecule has 0 aromatic heterocycles. The maximum Gasteiger partial charge on any atom is 0.0481 e. The lowest BCUT2D eigenvalue weighted by atomic mass is 10.2. The fraction of sp³-hybridized carbons (Fsp3) is 0.118. The van der Waals surface area contributed by atoms with Crippen molar-refractivity contribution in [3.8, 4) is 0 Å². The Balaban J connectivity index is 1.17. The number of para-hydroxylation sites is 2. The van der Waals surface area contributed by atoms with Gasteiger partial charge in [-0.05, 0) is 46.5 Å².